The maximum absolute atomic E-state index is 12.4. The van der Waals surface area contributed by atoms with Crippen LogP contribution in [0.5, 0.6) is 0 Å². The summed E-state index contributed by atoms with van der Waals surface area (Å²) in [4.78, 5) is 35.4. The van der Waals surface area contributed by atoms with E-state index in [1.165, 1.54) is 6.07 Å². The van der Waals surface area contributed by atoms with E-state index < -0.39 is 5.92 Å². The Bertz CT molecular complexity index is 838. The van der Waals surface area contributed by atoms with Crippen LogP contribution in [0, 0.1) is 5.92 Å². The molecule has 0 saturated heterocycles. The molecule has 0 fully saturated rings. The monoisotopic (exact) mass is 400 g/mol. The molecule has 2 amide bonds. The van der Waals surface area contributed by atoms with Crippen molar-refractivity contribution in [2.24, 2.45) is 5.92 Å². The van der Waals surface area contributed by atoms with E-state index in [9.17, 15) is 19.6 Å². The molecule has 0 spiro atoms. The van der Waals surface area contributed by atoms with Crippen molar-refractivity contribution in [3.8, 4) is 0 Å². The number of nitrogens with one attached hydrogen (secondary N) is 2. The standard InChI is InChI=1S/C21H28N4O4/c1-2-3-5-10-18(15-25(29)16-26)21(28)23-22-19-11-12-24(20(27)13-19)14-17-8-6-4-7-9-17/h4,6-9,11-13,16,18,22,29H,2-3,5,10,14-15H2,1H3,(H,23,28)/t18-/m1/s1. The number of hydrogen-bond acceptors (Lipinski definition) is 5. The molecule has 1 heterocycles. The lowest BCUT2D eigenvalue weighted by Crippen LogP contribution is -2.40. The summed E-state index contributed by atoms with van der Waals surface area (Å²) in [5.41, 5.74) is 6.57. The highest BCUT2D eigenvalue weighted by Crippen LogP contribution is 2.12. The molecule has 156 valence electrons. The number of anilines is 1. The molecule has 8 nitrogen and oxygen atoms in total. The number of nitrogens with zero attached hydrogens (tertiary/aromatic N) is 2. The van der Waals surface area contributed by atoms with Crippen molar-refractivity contribution in [2.45, 2.75) is 39.2 Å². The molecule has 0 aliphatic rings. The van der Waals surface area contributed by atoms with Crippen LogP contribution in [0.2, 0.25) is 0 Å². The second kappa shape index (κ2) is 11.7. The van der Waals surface area contributed by atoms with Gasteiger partial charge in [-0.15, -0.1) is 0 Å². The number of hydroxylamine groups is 2. The lowest BCUT2D eigenvalue weighted by molar-refractivity contribution is -0.154. The Balaban J connectivity index is 1.95. The van der Waals surface area contributed by atoms with Crippen LogP contribution in [0.4, 0.5) is 5.69 Å². The third-order valence-corrected chi connectivity index (χ3v) is 4.58. The molecule has 8 heteroatoms. The fourth-order valence-electron chi connectivity index (χ4n) is 2.95. The molecule has 0 saturated carbocycles. The van der Waals surface area contributed by atoms with Gasteiger partial charge in [0.2, 0.25) is 12.3 Å². The van der Waals surface area contributed by atoms with E-state index in [2.05, 4.69) is 17.8 Å². The second-order valence-corrected chi connectivity index (χ2v) is 6.90. The van der Waals surface area contributed by atoms with Crippen molar-refractivity contribution in [3.63, 3.8) is 0 Å². The van der Waals surface area contributed by atoms with Gasteiger partial charge in [0.15, 0.2) is 0 Å². The normalized spacial score (nSPS) is 11.5. The Kier molecular flexibility index (Phi) is 8.91. The summed E-state index contributed by atoms with van der Waals surface area (Å²) in [6, 6.07) is 12.7. The molecule has 1 aromatic carbocycles. The van der Waals surface area contributed by atoms with Gasteiger partial charge < -0.3 is 4.57 Å². The van der Waals surface area contributed by atoms with Crippen LogP contribution in [0.1, 0.15) is 38.2 Å². The number of pyridine rings is 1. The third-order valence-electron chi connectivity index (χ3n) is 4.58. The summed E-state index contributed by atoms with van der Waals surface area (Å²) in [6.45, 7) is 2.43. The summed E-state index contributed by atoms with van der Waals surface area (Å²) >= 11 is 0. The summed E-state index contributed by atoms with van der Waals surface area (Å²) in [5, 5.41) is 9.90. The molecule has 1 atom stereocenters. The number of hydrogen-bond donors (Lipinski definition) is 3. The van der Waals surface area contributed by atoms with Gasteiger partial charge in [-0.3, -0.25) is 30.4 Å². The van der Waals surface area contributed by atoms with Gasteiger partial charge in [0.1, 0.15) is 0 Å². The van der Waals surface area contributed by atoms with Gasteiger partial charge in [0, 0.05) is 12.3 Å². The molecule has 0 radical (unpaired) electrons. The minimum atomic E-state index is -0.553. The maximum Gasteiger partial charge on any atom is 0.252 e. The summed E-state index contributed by atoms with van der Waals surface area (Å²) in [7, 11) is 0. The first kappa shape index (κ1) is 22.2. The van der Waals surface area contributed by atoms with Gasteiger partial charge in [-0.05, 0) is 18.1 Å². The topological polar surface area (TPSA) is 104 Å². The van der Waals surface area contributed by atoms with Crippen molar-refractivity contribution in [2.75, 3.05) is 12.0 Å². The Morgan fingerprint density at radius 2 is 2.00 bits per heavy atom. The third kappa shape index (κ3) is 7.42. The van der Waals surface area contributed by atoms with Crippen molar-refractivity contribution in [1.82, 2.24) is 15.1 Å². The Morgan fingerprint density at radius 3 is 2.66 bits per heavy atom. The number of carbonyl (C=O) groups excluding carboxylic acids is 2. The van der Waals surface area contributed by atoms with Gasteiger partial charge in [0.05, 0.1) is 24.7 Å². The van der Waals surface area contributed by atoms with E-state index in [1.807, 2.05) is 30.3 Å². The van der Waals surface area contributed by atoms with Crippen LogP contribution >= 0.6 is 0 Å². The van der Waals surface area contributed by atoms with Crippen LogP contribution in [0.25, 0.3) is 0 Å². The fraction of sp³-hybridized carbons (Fsp3) is 0.381. The minimum Gasteiger partial charge on any atom is -0.311 e. The summed E-state index contributed by atoms with van der Waals surface area (Å²) in [5.74, 6) is -0.904. The molecule has 0 aliphatic heterocycles. The first-order valence-electron chi connectivity index (χ1n) is 9.74. The van der Waals surface area contributed by atoms with Gasteiger partial charge in [-0.1, -0.05) is 56.5 Å². The lowest BCUT2D eigenvalue weighted by Gasteiger charge is -2.20. The van der Waals surface area contributed by atoms with Gasteiger partial charge in [-0.25, -0.2) is 5.06 Å². The minimum absolute atomic E-state index is 0.0839. The number of benzene rings is 1. The number of rotatable bonds is 12. The molecule has 1 aromatic heterocycles. The van der Waals surface area contributed by atoms with E-state index in [-0.39, 0.29) is 24.4 Å². The molecule has 29 heavy (non-hydrogen) atoms. The smallest absolute Gasteiger partial charge is 0.252 e. The highest BCUT2D eigenvalue weighted by molar-refractivity contribution is 5.80. The molecular formula is C21H28N4O4. The zero-order chi connectivity index (χ0) is 21.1. The molecule has 3 N–H and O–H groups in total. The largest absolute Gasteiger partial charge is 0.311 e. The van der Waals surface area contributed by atoms with Crippen molar-refractivity contribution in [3.05, 3.63) is 64.6 Å². The van der Waals surface area contributed by atoms with Gasteiger partial charge in [0.25, 0.3) is 5.56 Å². The molecular weight excluding hydrogens is 372 g/mol. The molecule has 0 aliphatic carbocycles. The Labute approximate surface area is 170 Å². The van der Waals surface area contributed by atoms with Gasteiger partial charge >= 0.3 is 0 Å². The van der Waals surface area contributed by atoms with Crippen LogP contribution in [-0.4, -0.2) is 33.7 Å². The van der Waals surface area contributed by atoms with Gasteiger partial charge in [-0.2, -0.15) is 0 Å². The number of unbranched alkanes of at least 4 members (excludes halogenated alkanes) is 2. The average Bonchev–Trinajstić information content (AvgIpc) is 2.73. The van der Waals surface area contributed by atoms with Crippen LogP contribution in [0.15, 0.2) is 53.5 Å². The van der Waals surface area contributed by atoms with Crippen LogP contribution in [0.3, 0.4) is 0 Å². The van der Waals surface area contributed by atoms with E-state index in [4.69, 9.17) is 0 Å². The summed E-state index contributed by atoms with van der Waals surface area (Å²) < 4.78 is 1.57. The van der Waals surface area contributed by atoms with E-state index >= 15 is 0 Å². The molecule has 2 aromatic rings. The van der Waals surface area contributed by atoms with E-state index in [0.717, 1.165) is 24.8 Å². The average molecular weight is 400 g/mol. The van der Waals surface area contributed by atoms with E-state index in [1.54, 1.807) is 16.8 Å². The Morgan fingerprint density at radius 1 is 1.24 bits per heavy atom. The molecule has 0 bridgehead atoms. The van der Waals surface area contributed by atoms with Crippen molar-refractivity contribution < 1.29 is 14.8 Å². The highest BCUT2D eigenvalue weighted by atomic mass is 16.5. The zero-order valence-corrected chi connectivity index (χ0v) is 16.6. The Hall–Kier alpha value is -3.13. The second-order valence-electron chi connectivity index (χ2n) is 6.90. The highest BCUT2D eigenvalue weighted by Gasteiger charge is 2.20. The van der Waals surface area contributed by atoms with Crippen molar-refractivity contribution in [1.29, 1.82) is 0 Å². The fourth-order valence-corrected chi connectivity index (χ4v) is 2.95. The van der Waals surface area contributed by atoms with Crippen LogP contribution < -0.4 is 16.4 Å². The van der Waals surface area contributed by atoms with Crippen LogP contribution in [-0.2, 0) is 16.1 Å². The first-order chi connectivity index (χ1) is 14.0. The predicted molar refractivity (Wildman–Crippen MR) is 110 cm³/mol. The molecule has 0 unspecified atom stereocenters. The van der Waals surface area contributed by atoms with E-state index in [0.29, 0.717) is 23.7 Å². The number of hydrazine groups is 1. The number of carbonyl (C=O) groups is 2. The summed E-state index contributed by atoms with van der Waals surface area (Å²) in [6.07, 6.45) is 5.26. The van der Waals surface area contributed by atoms with Crippen molar-refractivity contribution >= 4 is 18.0 Å². The predicted octanol–water partition coefficient (Wildman–Crippen LogP) is 2.38. The maximum atomic E-state index is 12.4. The zero-order valence-electron chi connectivity index (χ0n) is 16.6. The lowest BCUT2D eigenvalue weighted by atomic mass is 10.0. The SMILES string of the molecule is CCCCC[C@H](CN(O)C=O)C(=O)NNc1ccn(Cc2ccccc2)c(=O)c1. The first-order valence-corrected chi connectivity index (χ1v) is 9.74. The number of aromatic nitrogens is 1. The quantitative estimate of drug-likeness (QED) is 0.220. The molecule has 2 rings (SSSR count). The number of amides is 2.